The van der Waals surface area contributed by atoms with Gasteiger partial charge < -0.3 is 14.0 Å². The maximum Gasteiger partial charge on any atom is 0.329 e. The smallest absolute Gasteiger partial charge is 0.329 e. The highest BCUT2D eigenvalue weighted by Crippen LogP contribution is 2.44. The Kier molecular flexibility index (Phi) is 4.99. The first-order valence-corrected chi connectivity index (χ1v) is 11.2. The minimum absolute atomic E-state index is 0.147. The Morgan fingerprint density at radius 3 is 2.67 bits per heavy atom. The first-order valence-electron chi connectivity index (χ1n) is 8.28. The molecule has 1 radical (unpaired) electrons. The molecule has 1 heterocycles. The van der Waals surface area contributed by atoms with E-state index in [9.17, 15) is 10.1 Å². The van der Waals surface area contributed by atoms with Crippen molar-refractivity contribution < 1.29 is 9.22 Å². The summed E-state index contributed by atoms with van der Waals surface area (Å²) >= 11 is 0. The molecule has 2 rings (SSSR count). The summed E-state index contributed by atoms with van der Waals surface area (Å²) in [6.07, 6.45) is 0.776. The van der Waals surface area contributed by atoms with Crippen LogP contribution in [-0.2, 0) is 14.6 Å². The van der Waals surface area contributed by atoms with E-state index in [0.29, 0.717) is 18.7 Å². The van der Waals surface area contributed by atoms with Crippen LogP contribution in [0.15, 0.2) is 18.2 Å². The van der Waals surface area contributed by atoms with E-state index in [-0.39, 0.29) is 10.5 Å². The topological polar surface area (TPSA) is 53.3 Å². The number of para-hydroxylation sites is 1. The number of fused-ring (bicyclic) bond motifs is 1. The van der Waals surface area contributed by atoms with Crippen LogP contribution in [0.2, 0.25) is 18.1 Å². The second-order valence-corrected chi connectivity index (χ2v) is 13.1. The van der Waals surface area contributed by atoms with Crippen LogP contribution < -0.4 is 4.81 Å². The first-order chi connectivity index (χ1) is 11.1. The van der Waals surface area contributed by atoms with Gasteiger partial charge >= 0.3 is 7.41 Å². The Balaban J connectivity index is 2.36. The molecule has 0 spiro atoms. The molecule has 24 heavy (non-hydrogen) atoms. The van der Waals surface area contributed by atoms with E-state index in [1.54, 1.807) is 6.07 Å². The van der Waals surface area contributed by atoms with E-state index >= 15 is 0 Å². The van der Waals surface area contributed by atoms with Gasteiger partial charge in [-0.05, 0) is 29.8 Å². The number of hydrogen-bond acceptors (Lipinski definition) is 4. The average molecular weight is 341 g/mol. The molecule has 4 nitrogen and oxygen atoms in total. The highest BCUT2D eigenvalue weighted by molar-refractivity contribution is 6.74. The summed E-state index contributed by atoms with van der Waals surface area (Å²) in [4.78, 5) is 12.9. The van der Waals surface area contributed by atoms with Crippen LogP contribution >= 0.6 is 0 Å². The molecule has 0 saturated heterocycles. The summed E-state index contributed by atoms with van der Waals surface area (Å²) in [7, 11) is -0.355. The average Bonchev–Trinajstić information content (AvgIpc) is 2.78. The number of nitriles is 1. The van der Waals surface area contributed by atoms with Gasteiger partial charge in [0.05, 0.1) is 5.56 Å². The van der Waals surface area contributed by atoms with Crippen LogP contribution in [0.3, 0.4) is 0 Å². The molecule has 0 N–H and O–H groups in total. The van der Waals surface area contributed by atoms with Crippen LogP contribution in [0.5, 0.6) is 0 Å². The lowest BCUT2D eigenvalue weighted by molar-refractivity contribution is 0.219. The second kappa shape index (κ2) is 6.38. The Morgan fingerprint density at radius 1 is 1.46 bits per heavy atom. The Labute approximate surface area is 147 Å². The van der Waals surface area contributed by atoms with Gasteiger partial charge in [0.25, 0.3) is 0 Å². The Bertz CT molecular complexity index is 679. The SMILES string of the molecule is CC1(CO[Si](C)(C)C(C)(C)C)CN([B]C=O)c2c(C#N)cccc21. The Hall–Kier alpha value is -1.58. The molecule has 0 fully saturated rings. The van der Waals surface area contributed by atoms with Crippen molar-refractivity contribution in [2.24, 2.45) is 0 Å². The number of rotatable bonds is 5. The quantitative estimate of drug-likeness (QED) is 0.608. The van der Waals surface area contributed by atoms with Crippen LogP contribution in [0.25, 0.3) is 0 Å². The van der Waals surface area contributed by atoms with E-state index in [1.807, 2.05) is 16.9 Å². The van der Waals surface area contributed by atoms with Crippen molar-refractivity contribution in [2.75, 3.05) is 18.0 Å². The van der Waals surface area contributed by atoms with Gasteiger partial charge in [0.2, 0.25) is 0 Å². The molecule has 1 atom stereocenters. The Morgan fingerprint density at radius 2 is 2.12 bits per heavy atom. The van der Waals surface area contributed by atoms with E-state index in [0.717, 1.165) is 17.4 Å². The van der Waals surface area contributed by atoms with Gasteiger partial charge in [0.1, 0.15) is 12.3 Å². The number of carbonyl (C=O) groups is 1. The van der Waals surface area contributed by atoms with Crippen molar-refractivity contribution in [2.45, 2.75) is 51.2 Å². The molecule has 1 aliphatic rings. The molecule has 0 bridgehead atoms. The minimum atomic E-state index is -1.87. The monoisotopic (exact) mass is 341 g/mol. The third-order valence-corrected chi connectivity index (χ3v) is 9.89. The zero-order valence-corrected chi connectivity index (χ0v) is 16.5. The number of benzene rings is 1. The van der Waals surface area contributed by atoms with Crippen molar-refractivity contribution >= 4 is 27.6 Å². The van der Waals surface area contributed by atoms with Crippen molar-refractivity contribution in [1.29, 1.82) is 5.26 Å². The van der Waals surface area contributed by atoms with Gasteiger partial charge in [-0.1, -0.05) is 39.8 Å². The van der Waals surface area contributed by atoms with Gasteiger partial charge in [-0.15, -0.1) is 0 Å². The molecular weight excluding hydrogens is 315 g/mol. The van der Waals surface area contributed by atoms with Gasteiger partial charge in [-0.2, -0.15) is 5.26 Å². The van der Waals surface area contributed by atoms with Crippen LogP contribution in [0.1, 0.15) is 38.8 Å². The number of carbonyl (C=O) groups excluding carboxylic acids is 1. The lowest BCUT2D eigenvalue weighted by atomic mass is 9.85. The molecular formula is C18H26BN2O2Si. The van der Waals surface area contributed by atoms with Crippen molar-refractivity contribution in [1.82, 2.24) is 0 Å². The zero-order chi connectivity index (χ0) is 18.2. The van der Waals surface area contributed by atoms with Crippen LogP contribution in [0.4, 0.5) is 5.69 Å². The molecule has 6 heteroatoms. The summed E-state index contributed by atoms with van der Waals surface area (Å²) in [6.45, 7) is 14.6. The van der Waals surface area contributed by atoms with Crippen LogP contribution in [-0.4, -0.2) is 35.1 Å². The minimum Gasteiger partial charge on any atom is -0.416 e. The van der Waals surface area contributed by atoms with Crippen molar-refractivity contribution in [3.8, 4) is 6.07 Å². The van der Waals surface area contributed by atoms with Gasteiger partial charge in [-0.3, -0.25) is 0 Å². The predicted molar refractivity (Wildman–Crippen MR) is 102 cm³/mol. The van der Waals surface area contributed by atoms with E-state index < -0.39 is 8.32 Å². The summed E-state index contributed by atoms with van der Waals surface area (Å²) in [6, 6.07) is 7.99. The second-order valence-electron chi connectivity index (χ2n) is 8.34. The zero-order valence-electron chi connectivity index (χ0n) is 15.5. The molecule has 1 aromatic rings. The molecule has 127 valence electrons. The third kappa shape index (κ3) is 3.29. The fourth-order valence-electron chi connectivity index (χ4n) is 2.85. The van der Waals surface area contributed by atoms with Crippen molar-refractivity contribution in [3.05, 3.63) is 29.3 Å². The highest BCUT2D eigenvalue weighted by atomic mass is 28.4. The summed E-state index contributed by atoms with van der Waals surface area (Å²) in [5.74, 6) is 0. The van der Waals surface area contributed by atoms with Gasteiger partial charge in [0.15, 0.2) is 8.32 Å². The molecule has 0 aliphatic carbocycles. The maximum atomic E-state index is 11.0. The largest absolute Gasteiger partial charge is 0.416 e. The number of hydrogen-bond donors (Lipinski definition) is 0. The molecule has 0 amide bonds. The lowest BCUT2D eigenvalue weighted by Crippen LogP contribution is -2.46. The van der Waals surface area contributed by atoms with E-state index in [2.05, 4.69) is 46.9 Å². The maximum absolute atomic E-state index is 11.0. The standard InChI is InChI=1S/C18H26BN2O2Si/c1-17(2,3)24(5,6)23-12-18(4)11-21(19-13-22)16-14(10-20)8-7-9-15(16)18/h7-9,13H,11-12H2,1-6H3. The first kappa shape index (κ1) is 18.8. The van der Waals surface area contributed by atoms with Gasteiger partial charge in [-0.25, -0.2) is 0 Å². The van der Waals surface area contributed by atoms with Crippen LogP contribution in [0, 0.1) is 11.3 Å². The predicted octanol–water partition coefficient (Wildman–Crippen LogP) is 3.47. The molecule has 0 aromatic heterocycles. The normalized spacial score (nSPS) is 20.5. The summed E-state index contributed by atoms with van der Waals surface area (Å²) < 4.78 is 6.46. The lowest BCUT2D eigenvalue weighted by Gasteiger charge is -2.39. The highest BCUT2D eigenvalue weighted by Gasteiger charge is 2.44. The molecule has 1 aromatic carbocycles. The summed E-state index contributed by atoms with van der Waals surface area (Å²) in [5, 5.41) is 9.57. The van der Waals surface area contributed by atoms with E-state index in [4.69, 9.17) is 4.43 Å². The van der Waals surface area contributed by atoms with Gasteiger partial charge in [0, 0.05) is 24.3 Å². The molecule has 1 unspecified atom stereocenters. The van der Waals surface area contributed by atoms with Crippen molar-refractivity contribution in [3.63, 3.8) is 0 Å². The number of anilines is 1. The number of nitrogens with zero attached hydrogens (tertiary/aromatic N) is 2. The summed E-state index contributed by atoms with van der Waals surface area (Å²) in [5.41, 5.74) is 2.28. The molecule has 0 saturated carbocycles. The molecule has 1 aliphatic heterocycles. The van der Waals surface area contributed by atoms with E-state index in [1.165, 1.54) is 7.41 Å². The third-order valence-electron chi connectivity index (χ3n) is 5.41. The fraction of sp³-hybridized carbons (Fsp3) is 0.556. The fourth-order valence-corrected chi connectivity index (χ4v) is 3.96.